The Morgan fingerprint density at radius 2 is 2.17 bits per heavy atom. The molecule has 6 heteroatoms. The van der Waals surface area contributed by atoms with Gasteiger partial charge in [0, 0.05) is 16.9 Å². The molecule has 1 aliphatic rings. The molecule has 0 aromatic carbocycles. The molecule has 0 aliphatic heterocycles. The van der Waals surface area contributed by atoms with E-state index in [0.717, 1.165) is 60.3 Å². The number of thiophene rings is 1. The van der Waals surface area contributed by atoms with Gasteiger partial charge in [0.1, 0.15) is 16.8 Å². The molecule has 1 aliphatic carbocycles. The molecular weight excluding hydrogens is 310 g/mol. The number of aryl methyl sites for hydroxylation is 2. The molecule has 0 fully saturated rings. The Hall–Kier alpha value is -2.13. The average Bonchev–Trinajstić information content (AvgIpc) is 2.98. The van der Waals surface area contributed by atoms with Crippen LogP contribution in [-0.2, 0) is 19.3 Å². The molecule has 2 aromatic rings. The van der Waals surface area contributed by atoms with Crippen molar-refractivity contribution in [3.05, 3.63) is 33.0 Å². The van der Waals surface area contributed by atoms with Crippen molar-refractivity contribution in [3.8, 4) is 6.07 Å². The Morgan fingerprint density at radius 1 is 1.39 bits per heavy atom. The molecule has 120 valence electrons. The smallest absolute Gasteiger partial charge is 0.278 e. The van der Waals surface area contributed by atoms with Crippen molar-refractivity contribution in [3.63, 3.8) is 0 Å². The number of anilines is 1. The van der Waals surface area contributed by atoms with Gasteiger partial charge in [-0.3, -0.25) is 4.79 Å². The van der Waals surface area contributed by atoms with E-state index < -0.39 is 0 Å². The zero-order valence-electron chi connectivity index (χ0n) is 13.4. The van der Waals surface area contributed by atoms with Gasteiger partial charge < -0.3 is 9.84 Å². The third-order valence-corrected chi connectivity index (χ3v) is 5.38. The summed E-state index contributed by atoms with van der Waals surface area (Å²) < 4.78 is 5.36. The zero-order valence-corrected chi connectivity index (χ0v) is 14.2. The summed E-state index contributed by atoms with van der Waals surface area (Å²) in [4.78, 5) is 13.7. The second kappa shape index (κ2) is 6.55. The molecular formula is C17H19N3O2S. The summed E-state index contributed by atoms with van der Waals surface area (Å²) in [6.45, 7) is 3.99. The quantitative estimate of drug-likeness (QED) is 0.863. The number of nitrogens with zero attached hydrogens (tertiary/aromatic N) is 2. The largest absolute Gasteiger partial charge is 0.360 e. The molecule has 0 atom stereocenters. The second-order valence-electron chi connectivity index (χ2n) is 5.75. The van der Waals surface area contributed by atoms with Crippen LogP contribution in [0.5, 0.6) is 0 Å². The maximum absolute atomic E-state index is 12.6. The molecule has 0 saturated heterocycles. The zero-order chi connectivity index (χ0) is 16.4. The lowest BCUT2D eigenvalue weighted by atomic mass is 10.1. The van der Waals surface area contributed by atoms with E-state index in [2.05, 4.69) is 16.5 Å². The Balaban J connectivity index is 1.89. The first kappa shape index (κ1) is 15.8. The van der Waals surface area contributed by atoms with Gasteiger partial charge in [0.25, 0.3) is 5.91 Å². The van der Waals surface area contributed by atoms with Crippen molar-refractivity contribution in [1.29, 1.82) is 5.26 Å². The minimum atomic E-state index is -0.280. The number of rotatable bonds is 3. The lowest BCUT2D eigenvalue weighted by Gasteiger charge is -2.03. The topological polar surface area (TPSA) is 78.9 Å². The number of hydrogen-bond donors (Lipinski definition) is 1. The lowest BCUT2D eigenvalue weighted by Crippen LogP contribution is -2.14. The third kappa shape index (κ3) is 2.89. The van der Waals surface area contributed by atoms with Crippen molar-refractivity contribution in [2.45, 2.75) is 52.4 Å². The molecule has 0 radical (unpaired) electrons. The molecule has 0 saturated carbocycles. The van der Waals surface area contributed by atoms with Crippen molar-refractivity contribution >= 4 is 22.2 Å². The number of amides is 1. The van der Waals surface area contributed by atoms with E-state index in [4.69, 9.17) is 4.52 Å². The molecule has 2 heterocycles. The van der Waals surface area contributed by atoms with Crippen LogP contribution in [0.15, 0.2) is 4.52 Å². The molecule has 0 bridgehead atoms. The molecule has 3 rings (SSSR count). The first-order chi connectivity index (χ1) is 11.2. The number of carbonyl (C=O) groups excluding carboxylic acids is 1. The normalized spacial score (nSPS) is 14.0. The van der Waals surface area contributed by atoms with Gasteiger partial charge in [-0.2, -0.15) is 5.26 Å². The Morgan fingerprint density at radius 3 is 2.91 bits per heavy atom. The summed E-state index contributed by atoms with van der Waals surface area (Å²) in [5.74, 6) is 0.557. The minimum absolute atomic E-state index is 0.280. The highest BCUT2D eigenvalue weighted by Gasteiger charge is 2.25. The first-order valence-corrected chi connectivity index (χ1v) is 8.78. The fraction of sp³-hybridized carbons (Fsp3) is 0.471. The van der Waals surface area contributed by atoms with Crippen molar-refractivity contribution < 1.29 is 9.32 Å². The molecule has 1 N–H and O–H groups in total. The van der Waals surface area contributed by atoms with Gasteiger partial charge in [-0.05, 0) is 38.2 Å². The first-order valence-electron chi connectivity index (χ1n) is 7.96. The second-order valence-corrected chi connectivity index (χ2v) is 6.98. The highest BCUT2D eigenvalue weighted by atomic mass is 32.1. The summed E-state index contributed by atoms with van der Waals surface area (Å²) >= 11 is 1.44. The van der Waals surface area contributed by atoms with E-state index in [1.165, 1.54) is 11.3 Å². The third-order valence-electron chi connectivity index (χ3n) is 4.32. The number of fused-ring (bicyclic) bond motifs is 1. The highest BCUT2D eigenvalue weighted by Crippen LogP contribution is 2.33. The van der Waals surface area contributed by atoms with E-state index in [0.29, 0.717) is 16.3 Å². The molecule has 5 nitrogen and oxygen atoms in total. The lowest BCUT2D eigenvalue weighted by molar-refractivity contribution is 0.101. The standard InChI is InChI=1S/C17H19N3O2S/c1-3-11-10(2)23-17(13(11)9-18)19-16(21)15-12-7-5-4-6-8-14(12)22-20-15/h3-8H2,1-2H3,(H,19,21). The molecule has 2 aromatic heterocycles. The Bertz CT molecular complexity index is 783. The Labute approximate surface area is 139 Å². The minimum Gasteiger partial charge on any atom is -0.360 e. The maximum atomic E-state index is 12.6. The SMILES string of the molecule is CCc1c(C)sc(NC(=O)c2noc3c2CCCCC3)c1C#N. The van der Waals surface area contributed by atoms with Crippen molar-refractivity contribution in [1.82, 2.24) is 5.16 Å². The summed E-state index contributed by atoms with van der Waals surface area (Å²) in [6, 6.07) is 2.21. The van der Waals surface area contributed by atoms with Gasteiger partial charge in [-0.15, -0.1) is 11.3 Å². The number of nitrogens with one attached hydrogen (secondary N) is 1. The van der Waals surface area contributed by atoms with Gasteiger partial charge >= 0.3 is 0 Å². The summed E-state index contributed by atoms with van der Waals surface area (Å²) in [6.07, 6.45) is 5.73. The number of nitriles is 1. The van der Waals surface area contributed by atoms with Crippen LogP contribution in [-0.4, -0.2) is 11.1 Å². The van der Waals surface area contributed by atoms with Crippen LogP contribution in [0.25, 0.3) is 0 Å². The predicted molar refractivity (Wildman–Crippen MR) is 88.9 cm³/mol. The van der Waals surface area contributed by atoms with Crippen LogP contribution in [0.2, 0.25) is 0 Å². The monoisotopic (exact) mass is 329 g/mol. The van der Waals surface area contributed by atoms with Crippen LogP contribution >= 0.6 is 11.3 Å². The maximum Gasteiger partial charge on any atom is 0.278 e. The van der Waals surface area contributed by atoms with Gasteiger partial charge in [0.2, 0.25) is 0 Å². The van der Waals surface area contributed by atoms with Gasteiger partial charge in [0.15, 0.2) is 5.69 Å². The van der Waals surface area contributed by atoms with E-state index >= 15 is 0 Å². The summed E-state index contributed by atoms with van der Waals surface area (Å²) in [7, 11) is 0. The van der Waals surface area contributed by atoms with Gasteiger partial charge in [0.05, 0.1) is 5.56 Å². The van der Waals surface area contributed by atoms with Crippen LogP contribution in [0, 0.1) is 18.3 Å². The molecule has 23 heavy (non-hydrogen) atoms. The summed E-state index contributed by atoms with van der Waals surface area (Å²) in [5, 5.41) is 16.8. The van der Waals surface area contributed by atoms with Crippen LogP contribution < -0.4 is 5.32 Å². The van der Waals surface area contributed by atoms with Crippen LogP contribution in [0.1, 0.15) is 64.0 Å². The fourth-order valence-corrected chi connectivity index (χ4v) is 4.20. The van der Waals surface area contributed by atoms with E-state index in [1.54, 1.807) is 0 Å². The van der Waals surface area contributed by atoms with Crippen LogP contribution in [0.3, 0.4) is 0 Å². The van der Waals surface area contributed by atoms with E-state index in [-0.39, 0.29) is 5.91 Å². The molecule has 0 unspecified atom stereocenters. The highest BCUT2D eigenvalue weighted by molar-refractivity contribution is 7.16. The summed E-state index contributed by atoms with van der Waals surface area (Å²) in [5.41, 5.74) is 2.88. The molecule has 0 spiro atoms. The predicted octanol–water partition coefficient (Wildman–Crippen LogP) is 4.00. The van der Waals surface area contributed by atoms with Gasteiger partial charge in [-0.1, -0.05) is 18.5 Å². The average molecular weight is 329 g/mol. The van der Waals surface area contributed by atoms with Gasteiger partial charge in [-0.25, -0.2) is 0 Å². The van der Waals surface area contributed by atoms with Crippen molar-refractivity contribution in [2.24, 2.45) is 0 Å². The van der Waals surface area contributed by atoms with E-state index in [1.807, 2.05) is 13.8 Å². The van der Waals surface area contributed by atoms with E-state index in [9.17, 15) is 10.1 Å². The fourth-order valence-electron chi connectivity index (χ4n) is 3.11. The van der Waals surface area contributed by atoms with Crippen LogP contribution in [0.4, 0.5) is 5.00 Å². The number of hydrogen-bond acceptors (Lipinski definition) is 5. The number of aromatic nitrogens is 1. The number of carbonyl (C=O) groups is 1. The Kier molecular flexibility index (Phi) is 4.49. The van der Waals surface area contributed by atoms with Crippen molar-refractivity contribution in [2.75, 3.05) is 5.32 Å². The molecule has 1 amide bonds.